The number of hydrogen-bond donors (Lipinski definition) is 0. The van der Waals surface area contributed by atoms with Crippen LogP contribution in [0.1, 0.15) is 12.8 Å². The van der Waals surface area contributed by atoms with Crippen LogP contribution in [0.25, 0.3) is 0 Å². The van der Waals surface area contributed by atoms with E-state index in [1.807, 2.05) is 0 Å². The average Bonchev–Trinajstić information content (AvgIpc) is 2.52. The third-order valence-corrected chi connectivity index (χ3v) is 2.53. The van der Waals surface area contributed by atoms with E-state index in [1.165, 1.54) is 0 Å². The smallest absolute Gasteiger partial charge is 0.309 e. The lowest BCUT2D eigenvalue weighted by Crippen LogP contribution is -2.27. The van der Waals surface area contributed by atoms with E-state index in [1.54, 1.807) is 0 Å². The number of rotatable bonds is 2. The molecule has 0 spiro atoms. The molecule has 1 saturated carbocycles. The van der Waals surface area contributed by atoms with Crippen molar-refractivity contribution in [2.75, 3.05) is 14.2 Å². The van der Waals surface area contributed by atoms with Gasteiger partial charge >= 0.3 is 11.9 Å². The monoisotopic (exact) mass is 222 g/mol. The quantitative estimate of drug-likeness (QED) is 0.654. The number of hydrogen-bond acceptors (Lipinski definition) is 4. The topological polar surface area (TPSA) is 52.6 Å². The van der Waals surface area contributed by atoms with E-state index >= 15 is 0 Å². The first kappa shape index (κ1) is 11.9. The van der Waals surface area contributed by atoms with E-state index in [0.717, 1.165) is 14.2 Å². The van der Waals surface area contributed by atoms with Crippen LogP contribution < -0.4 is 0 Å². The van der Waals surface area contributed by atoms with Crippen LogP contribution in [0.5, 0.6) is 0 Å². The molecule has 0 aromatic heterocycles. The zero-order valence-corrected chi connectivity index (χ0v) is 8.46. The summed E-state index contributed by atoms with van der Waals surface area (Å²) in [6, 6.07) is 0. The maximum absolute atomic E-state index is 13.0. The van der Waals surface area contributed by atoms with Gasteiger partial charge in [-0.1, -0.05) is 0 Å². The first-order valence-corrected chi connectivity index (χ1v) is 4.45. The summed E-state index contributed by atoms with van der Waals surface area (Å²) < 4.78 is 34.8. The highest BCUT2D eigenvalue weighted by molar-refractivity contribution is 5.82. The zero-order valence-electron chi connectivity index (χ0n) is 8.46. The fourth-order valence-electron chi connectivity index (χ4n) is 1.81. The summed E-state index contributed by atoms with van der Waals surface area (Å²) in [6.45, 7) is 0. The Morgan fingerprint density at radius 3 is 1.67 bits per heavy atom. The van der Waals surface area contributed by atoms with Gasteiger partial charge in [-0.2, -0.15) is 0 Å². The molecule has 0 bridgehead atoms. The lowest BCUT2D eigenvalue weighted by molar-refractivity contribution is -0.156. The number of halogens is 2. The molecule has 0 amide bonds. The third kappa shape index (κ3) is 2.43. The largest absolute Gasteiger partial charge is 0.469 e. The van der Waals surface area contributed by atoms with Crippen LogP contribution in [0, 0.1) is 11.8 Å². The Kier molecular flexibility index (Phi) is 3.26. The molecule has 0 aromatic carbocycles. The summed E-state index contributed by atoms with van der Waals surface area (Å²) in [7, 11) is 2.21. The lowest BCUT2D eigenvalue weighted by Gasteiger charge is -2.13. The number of carbonyl (C=O) groups is 2. The fourth-order valence-corrected chi connectivity index (χ4v) is 1.81. The maximum atomic E-state index is 13.0. The number of esters is 2. The molecule has 0 aliphatic heterocycles. The molecule has 2 atom stereocenters. The number of methoxy groups -OCH3 is 2. The normalized spacial score (nSPS) is 28.5. The van der Waals surface area contributed by atoms with Gasteiger partial charge in [0.1, 0.15) is 0 Å². The molecule has 0 heterocycles. The summed E-state index contributed by atoms with van der Waals surface area (Å²) in [5.74, 6) is -6.78. The minimum atomic E-state index is -3.00. The highest BCUT2D eigenvalue weighted by Crippen LogP contribution is 2.44. The zero-order chi connectivity index (χ0) is 11.6. The minimum absolute atomic E-state index is 0.653. The van der Waals surface area contributed by atoms with Crippen molar-refractivity contribution in [1.82, 2.24) is 0 Å². The maximum Gasteiger partial charge on any atom is 0.309 e. The number of alkyl halides is 2. The molecule has 0 unspecified atom stereocenters. The van der Waals surface area contributed by atoms with Crippen LogP contribution in [-0.2, 0) is 19.1 Å². The highest BCUT2D eigenvalue weighted by Gasteiger charge is 2.53. The highest BCUT2D eigenvalue weighted by atomic mass is 19.3. The predicted molar refractivity (Wildman–Crippen MR) is 45.2 cm³/mol. The first-order chi connectivity index (χ1) is 6.91. The van der Waals surface area contributed by atoms with Gasteiger partial charge in [0.2, 0.25) is 5.92 Å². The van der Waals surface area contributed by atoms with E-state index in [2.05, 4.69) is 9.47 Å². The SMILES string of the molecule is COC(=O)[C@@H]1CC(F)(F)C[C@H]1C(=O)OC. The Balaban J connectivity index is 2.83. The minimum Gasteiger partial charge on any atom is -0.469 e. The summed E-state index contributed by atoms with van der Waals surface area (Å²) in [4.78, 5) is 22.3. The van der Waals surface area contributed by atoms with Crippen LogP contribution in [0.2, 0.25) is 0 Å². The molecular formula is C9H12F2O4. The fraction of sp³-hybridized carbons (Fsp3) is 0.778. The van der Waals surface area contributed by atoms with E-state index in [0.29, 0.717) is 0 Å². The summed E-state index contributed by atoms with van der Waals surface area (Å²) in [5.41, 5.74) is 0. The number of carbonyl (C=O) groups excluding carboxylic acids is 2. The summed E-state index contributed by atoms with van der Waals surface area (Å²) >= 11 is 0. The van der Waals surface area contributed by atoms with Gasteiger partial charge in [0.05, 0.1) is 26.1 Å². The molecule has 15 heavy (non-hydrogen) atoms. The van der Waals surface area contributed by atoms with E-state index < -0.39 is 42.5 Å². The Labute approximate surface area is 85.5 Å². The Hall–Kier alpha value is -1.20. The van der Waals surface area contributed by atoms with Gasteiger partial charge in [-0.15, -0.1) is 0 Å². The molecule has 86 valence electrons. The Morgan fingerprint density at radius 2 is 1.40 bits per heavy atom. The molecule has 0 saturated heterocycles. The van der Waals surface area contributed by atoms with E-state index in [4.69, 9.17) is 0 Å². The van der Waals surface area contributed by atoms with Gasteiger partial charge in [-0.3, -0.25) is 9.59 Å². The third-order valence-electron chi connectivity index (χ3n) is 2.53. The Morgan fingerprint density at radius 1 is 1.07 bits per heavy atom. The van der Waals surface area contributed by atoms with Gasteiger partial charge < -0.3 is 9.47 Å². The summed E-state index contributed by atoms with van der Waals surface area (Å²) in [5, 5.41) is 0. The van der Waals surface area contributed by atoms with Crippen LogP contribution in [0.3, 0.4) is 0 Å². The van der Waals surface area contributed by atoms with Crippen molar-refractivity contribution in [2.24, 2.45) is 11.8 Å². The number of ether oxygens (including phenoxy) is 2. The molecule has 0 radical (unpaired) electrons. The van der Waals surface area contributed by atoms with Crippen molar-refractivity contribution in [2.45, 2.75) is 18.8 Å². The molecule has 1 aliphatic rings. The van der Waals surface area contributed by atoms with Crippen molar-refractivity contribution in [1.29, 1.82) is 0 Å². The first-order valence-electron chi connectivity index (χ1n) is 4.45. The van der Waals surface area contributed by atoms with E-state index in [9.17, 15) is 18.4 Å². The standard InChI is InChI=1S/C9H12F2O4/c1-14-7(12)5-3-9(10,11)4-6(5)8(13)15-2/h5-6H,3-4H2,1-2H3/t5-,6-/m1/s1. The molecule has 1 rings (SSSR count). The van der Waals surface area contributed by atoms with Crippen LogP contribution in [0.4, 0.5) is 8.78 Å². The molecular weight excluding hydrogens is 210 g/mol. The van der Waals surface area contributed by atoms with Crippen molar-refractivity contribution in [3.63, 3.8) is 0 Å². The van der Waals surface area contributed by atoms with Gasteiger partial charge in [0.15, 0.2) is 0 Å². The van der Waals surface area contributed by atoms with Crippen LogP contribution >= 0.6 is 0 Å². The van der Waals surface area contributed by atoms with Crippen LogP contribution in [0.15, 0.2) is 0 Å². The Bertz CT molecular complexity index is 251. The second kappa shape index (κ2) is 4.12. The van der Waals surface area contributed by atoms with Crippen LogP contribution in [-0.4, -0.2) is 32.1 Å². The molecule has 6 heteroatoms. The van der Waals surface area contributed by atoms with Gasteiger partial charge in [-0.05, 0) is 0 Å². The summed E-state index contributed by atoms with van der Waals surface area (Å²) in [6.07, 6.45) is -1.31. The molecule has 0 N–H and O–H groups in total. The predicted octanol–water partition coefficient (Wildman–Crippen LogP) is 0.994. The van der Waals surface area contributed by atoms with Gasteiger partial charge in [0, 0.05) is 12.8 Å². The van der Waals surface area contributed by atoms with Crippen molar-refractivity contribution >= 4 is 11.9 Å². The van der Waals surface area contributed by atoms with Crippen molar-refractivity contribution in [3.8, 4) is 0 Å². The lowest BCUT2D eigenvalue weighted by atomic mass is 9.96. The molecule has 0 aromatic rings. The second-order valence-corrected chi connectivity index (χ2v) is 3.52. The van der Waals surface area contributed by atoms with Gasteiger partial charge in [0.25, 0.3) is 0 Å². The van der Waals surface area contributed by atoms with Crippen molar-refractivity contribution < 1.29 is 27.8 Å². The van der Waals surface area contributed by atoms with E-state index in [-0.39, 0.29) is 0 Å². The molecule has 4 nitrogen and oxygen atoms in total. The molecule has 1 fully saturated rings. The molecule has 1 aliphatic carbocycles. The van der Waals surface area contributed by atoms with Gasteiger partial charge in [-0.25, -0.2) is 8.78 Å². The average molecular weight is 222 g/mol. The second-order valence-electron chi connectivity index (χ2n) is 3.52. The van der Waals surface area contributed by atoms with Crippen molar-refractivity contribution in [3.05, 3.63) is 0 Å².